The van der Waals surface area contributed by atoms with E-state index in [2.05, 4.69) is 11.1 Å². The highest BCUT2D eigenvalue weighted by Gasteiger charge is 2.28. The fourth-order valence-corrected chi connectivity index (χ4v) is 6.12. The van der Waals surface area contributed by atoms with E-state index in [-0.39, 0.29) is 17.6 Å². The van der Waals surface area contributed by atoms with Crippen LogP contribution in [-0.2, 0) is 12.8 Å². The Kier molecular flexibility index (Phi) is 5.00. The van der Waals surface area contributed by atoms with Crippen molar-refractivity contribution in [1.29, 1.82) is 0 Å². The average Bonchev–Trinajstić information content (AvgIpc) is 3.19. The maximum Gasteiger partial charge on any atom is 0.326 e. The minimum absolute atomic E-state index is 0.0986. The average molecular weight is 430 g/mol. The number of rotatable bonds is 2. The van der Waals surface area contributed by atoms with E-state index in [4.69, 9.17) is 11.6 Å². The first-order valence-corrected chi connectivity index (χ1v) is 11.6. The zero-order chi connectivity index (χ0) is 20.0. The number of aromatic nitrogens is 2. The van der Waals surface area contributed by atoms with Gasteiger partial charge in [-0.25, -0.2) is 4.79 Å². The standard InChI is InChI=1S/C22H24ClN3O2S/c23-15-6-7-18-17(13-15)24-22(28)26(18)16-8-10-25(11-9-16)21(27)20-12-14-4-2-1-3-5-19(14)29-20/h6-7,12-13,16H,1-5,8-11H2,(H,24,28). The van der Waals surface area contributed by atoms with Crippen LogP contribution < -0.4 is 5.69 Å². The number of aryl methyl sites for hydroxylation is 2. The molecule has 1 aliphatic heterocycles. The molecule has 1 aliphatic carbocycles. The summed E-state index contributed by atoms with van der Waals surface area (Å²) in [7, 11) is 0. The molecule has 0 saturated carbocycles. The molecule has 0 bridgehead atoms. The molecule has 3 aromatic rings. The summed E-state index contributed by atoms with van der Waals surface area (Å²) in [6.45, 7) is 1.36. The summed E-state index contributed by atoms with van der Waals surface area (Å²) in [5.41, 5.74) is 2.93. The van der Waals surface area contributed by atoms with Crippen LogP contribution in [-0.4, -0.2) is 33.4 Å². The smallest absolute Gasteiger partial charge is 0.326 e. The van der Waals surface area contributed by atoms with Crippen LogP contribution in [0.5, 0.6) is 0 Å². The van der Waals surface area contributed by atoms with Gasteiger partial charge in [-0.3, -0.25) is 9.36 Å². The predicted octanol–water partition coefficient (Wildman–Crippen LogP) is 4.79. The van der Waals surface area contributed by atoms with Gasteiger partial charge in [0, 0.05) is 29.0 Å². The SMILES string of the molecule is O=C(c1cc2c(s1)CCCCC2)N1CCC(n2c(=O)[nH]c3cc(Cl)ccc32)CC1. The predicted molar refractivity (Wildman–Crippen MR) is 117 cm³/mol. The highest BCUT2D eigenvalue weighted by atomic mass is 35.5. The normalized spacial score (nSPS) is 18.0. The van der Waals surface area contributed by atoms with Crippen molar-refractivity contribution in [2.45, 2.75) is 51.0 Å². The quantitative estimate of drug-likeness (QED) is 0.595. The van der Waals surface area contributed by atoms with E-state index in [0.717, 1.165) is 41.6 Å². The van der Waals surface area contributed by atoms with Gasteiger partial charge in [-0.1, -0.05) is 18.0 Å². The molecular weight excluding hydrogens is 406 g/mol. The Morgan fingerprint density at radius 1 is 1.10 bits per heavy atom. The Hall–Kier alpha value is -2.05. The van der Waals surface area contributed by atoms with Crippen molar-refractivity contribution in [3.8, 4) is 0 Å². The summed E-state index contributed by atoms with van der Waals surface area (Å²) < 4.78 is 1.83. The Labute approximate surface area is 178 Å². The second-order valence-electron chi connectivity index (χ2n) is 8.10. The molecule has 5 nitrogen and oxygen atoms in total. The summed E-state index contributed by atoms with van der Waals surface area (Å²) >= 11 is 7.74. The highest BCUT2D eigenvalue weighted by molar-refractivity contribution is 7.14. The third-order valence-electron chi connectivity index (χ3n) is 6.25. The molecule has 2 aromatic heterocycles. The van der Waals surface area contributed by atoms with E-state index in [0.29, 0.717) is 18.1 Å². The molecular formula is C22H24ClN3O2S. The van der Waals surface area contributed by atoms with Crippen molar-refractivity contribution >= 4 is 39.9 Å². The molecule has 5 rings (SSSR count). The number of hydrogen-bond acceptors (Lipinski definition) is 3. The second kappa shape index (κ2) is 7.65. The number of hydrogen-bond donors (Lipinski definition) is 1. The summed E-state index contributed by atoms with van der Waals surface area (Å²) in [6.07, 6.45) is 7.54. The third-order valence-corrected chi connectivity index (χ3v) is 7.71. The lowest BCUT2D eigenvalue weighted by atomic mass is 10.0. The first kappa shape index (κ1) is 18.9. The topological polar surface area (TPSA) is 58.1 Å². The Balaban J connectivity index is 1.31. The summed E-state index contributed by atoms with van der Waals surface area (Å²) in [5.74, 6) is 0.152. The second-order valence-corrected chi connectivity index (χ2v) is 9.68. The lowest BCUT2D eigenvalue weighted by molar-refractivity contribution is 0.0700. The number of halogens is 1. The summed E-state index contributed by atoms with van der Waals surface area (Å²) in [6, 6.07) is 7.72. The van der Waals surface area contributed by atoms with E-state index in [1.807, 2.05) is 21.6 Å². The van der Waals surface area contributed by atoms with Crippen LogP contribution in [0.4, 0.5) is 0 Å². The number of carbonyl (C=O) groups excluding carboxylic acids is 1. The Morgan fingerprint density at radius 3 is 2.72 bits per heavy atom. The number of likely N-dealkylation sites (tertiary alicyclic amines) is 1. The molecule has 1 fully saturated rings. The van der Waals surface area contributed by atoms with Crippen molar-refractivity contribution in [2.75, 3.05) is 13.1 Å². The van der Waals surface area contributed by atoms with E-state index in [1.165, 1.54) is 29.7 Å². The van der Waals surface area contributed by atoms with Gasteiger partial charge in [0.1, 0.15) is 0 Å². The molecule has 1 amide bonds. The number of carbonyl (C=O) groups is 1. The fourth-order valence-electron chi connectivity index (χ4n) is 4.72. The zero-order valence-corrected chi connectivity index (χ0v) is 17.8. The minimum atomic E-state index is -0.103. The number of imidazole rings is 1. The number of nitrogens with zero attached hydrogens (tertiary/aromatic N) is 2. The molecule has 0 atom stereocenters. The van der Waals surface area contributed by atoms with Crippen molar-refractivity contribution in [1.82, 2.24) is 14.5 Å². The molecule has 1 N–H and O–H groups in total. The van der Waals surface area contributed by atoms with Gasteiger partial charge >= 0.3 is 5.69 Å². The number of amides is 1. The van der Waals surface area contributed by atoms with Crippen LogP contribution in [0.2, 0.25) is 5.02 Å². The van der Waals surface area contributed by atoms with E-state index in [9.17, 15) is 9.59 Å². The Bertz CT molecular complexity index is 1100. The highest BCUT2D eigenvalue weighted by Crippen LogP contribution is 2.31. The van der Waals surface area contributed by atoms with Gasteiger partial charge in [0.05, 0.1) is 15.9 Å². The van der Waals surface area contributed by atoms with Crippen LogP contribution in [0.15, 0.2) is 29.1 Å². The van der Waals surface area contributed by atoms with Gasteiger partial charge in [0.2, 0.25) is 0 Å². The van der Waals surface area contributed by atoms with Crippen LogP contribution >= 0.6 is 22.9 Å². The molecule has 0 unspecified atom stereocenters. The van der Waals surface area contributed by atoms with Crippen molar-refractivity contribution < 1.29 is 4.79 Å². The van der Waals surface area contributed by atoms with Crippen LogP contribution in [0.25, 0.3) is 11.0 Å². The van der Waals surface area contributed by atoms with Gasteiger partial charge in [0.25, 0.3) is 5.91 Å². The van der Waals surface area contributed by atoms with Crippen molar-refractivity contribution in [3.05, 3.63) is 55.1 Å². The largest absolute Gasteiger partial charge is 0.338 e. The molecule has 29 heavy (non-hydrogen) atoms. The number of piperidine rings is 1. The molecule has 152 valence electrons. The van der Waals surface area contributed by atoms with Crippen LogP contribution in [0, 0.1) is 0 Å². The van der Waals surface area contributed by atoms with E-state index >= 15 is 0 Å². The van der Waals surface area contributed by atoms with Crippen molar-refractivity contribution in [2.24, 2.45) is 0 Å². The molecule has 2 aliphatic rings. The third kappa shape index (κ3) is 3.53. The number of H-pyrrole nitrogens is 1. The lowest BCUT2D eigenvalue weighted by Gasteiger charge is -2.32. The van der Waals surface area contributed by atoms with Gasteiger partial charge in [-0.05, 0) is 68.4 Å². The Morgan fingerprint density at radius 2 is 1.90 bits per heavy atom. The molecule has 3 heterocycles. The maximum absolute atomic E-state index is 13.1. The molecule has 0 radical (unpaired) electrons. The molecule has 1 saturated heterocycles. The number of benzene rings is 1. The van der Waals surface area contributed by atoms with E-state index < -0.39 is 0 Å². The van der Waals surface area contributed by atoms with Gasteiger partial charge in [-0.2, -0.15) is 0 Å². The first-order chi connectivity index (χ1) is 14.1. The van der Waals surface area contributed by atoms with Crippen LogP contribution in [0.3, 0.4) is 0 Å². The lowest BCUT2D eigenvalue weighted by Crippen LogP contribution is -2.40. The van der Waals surface area contributed by atoms with Gasteiger partial charge in [-0.15, -0.1) is 11.3 Å². The monoisotopic (exact) mass is 429 g/mol. The molecule has 7 heteroatoms. The van der Waals surface area contributed by atoms with Gasteiger partial charge < -0.3 is 9.88 Å². The number of aromatic amines is 1. The van der Waals surface area contributed by atoms with Gasteiger partial charge in [0.15, 0.2) is 0 Å². The van der Waals surface area contributed by atoms with E-state index in [1.54, 1.807) is 17.4 Å². The molecule has 1 aromatic carbocycles. The summed E-state index contributed by atoms with van der Waals surface area (Å²) in [5, 5.41) is 0.612. The number of nitrogens with one attached hydrogen (secondary N) is 1. The minimum Gasteiger partial charge on any atom is -0.338 e. The molecule has 0 spiro atoms. The maximum atomic E-state index is 13.1. The van der Waals surface area contributed by atoms with Crippen molar-refractivity contribution in [3.63, 3.8) is 0 Å². The summed E-state index contributed by atoms with van der Waals surface area (Å²) in [4.78, 5) is 32.7. The fraction of sp³-hybridized carbons (Fsp3) is 0.455. The number of fused-ring (bicyclic) bond motifs is 2. The van der Waals surface area contributed by atoms with Crippen LogP contribution in [0.1, 0.15) is 58.3 Å². The number of thiophene rings is 1. The first-order valence-electron chi connectivity index (χ1n) is 10.4. The zero-order valence-electron chi connectivity index (χ0n) is 16.2.